The Morgan fingerprint density at radius 2 is 1.70 bits per heavy atom. The van der Waals surface area contributed by atoms with E-state index in [1.807, 2.05) is 24.3 Å². The summed E-state index contributed by atoms with van der Waals surface area (Å²) in [5.41, 5.74) is 3.06. The van der Waals surface area contributed by atoms with Crippen molar-refractivity contribution in [3.8, 4) is 11.4 Å². The molecule has 172 valence electrons. The molecular formula is C25H27N3O5. The Morgan fingerprint density at radius 3 is 2.33 bits per heavy atom. The van der Waals surface area contributed by atoms with Crippen molar-refractivity contribution in [2.45, 2.75) is 57.7 Å². The highest BCUT2D eigenvalue weighted by atomic mass is 16.6. The number of hydrogen-bond acceptors (Lipinski definition) is 7. The lowest BCUT2D eigenvalue weighted by atomic mass is 9.94. The molecular weight excluding hydrogens is 422 g/mol. The van der Waals surface area contributed by atoms with E-state index in [-0.39, 0.29) is 18.1 Å². The summed E-state index contributed by atoms with van der Waals surface area (Å²) >= 11 is 0. The van der Waals surface area contributed by atoms with Crippen LogP contribution in [0.4, 0.5) is 0 Å². The number of aromatic hydroxyl groups is 1. The van der Waals surface area contributed by atoms with E-state index in [2.05, 4.69) is 16.8 Å². The van der Waals surface area contributed by atoms with Gasteiger partial charge in [0.25, 0.3) is 0 Å². The predicted octanol–water partition coefficient (Wildman–Crippen LogP) is 4.03. The zero-order valence-corrected chi connectivity index (χ0v) is 18.6. The van der Waals surface area contributed by atoms with Crippen LogP contribution in [0.3, 0.4) is 0 Å². The third-order valence-electron chi connectivity index (χ3n) is 5.69. The monoisotopic (exact) mass is 449 g/mol. The number of phenols is 1. The molecule has 0 radical (unpaired) electrons. The lowest BCUT2D eigenvalue weighted by Gasteiger charge is -2.30. The number of ether oxygens (including phenoxy) is 2. The molecule has 0 aliphatic heterocycles. The van der Waals surface area contributed by atoms with E-state index in [9.17, 15) is 14.7 Å². The van der Waals surface area contributed by atoms with Crippen molar-refractivity contribution < 1.29 is 24.2 Å². The molecule has 0 saturated heterocycles. The molecule has 33 heavy (non-hydrogen) atoms. The van der Waals surface area contributed by atoms with Gasteiger partial charge in [0.15, 0.2) is 0 Å². The van der Waals surface area contributed by atoms with Gasteiger partial charge in [-0.1, -0.05) is 24.8 Å². The summed E-state index contributed by atoms with van der Waals surface area (Å²) in [5, 5.41) is 19.1. The van der Waals surface area contributed by atoms with Crippen molar-refractivity contribution >= 4 is 23.0 Å². The lowest BCUT2D eigenvalue weighted by molar-refractivity contribution is -0.169. The number of phenolic OH excluding ortho intramolecular Hbond substituents is 1. The maximum atomic E-state index is 12.5. The number of rotatable bonds is 7. The van der Waals surface area contributed by atoms with Crippen LogP contribution in [0.5, 0.6) is 5.75 Å². The number of benzene rings is 2. The fraction of sp³-hybridized carbons (Fsp3) is 0.360. The predicted molar refractivity (Wildman–Crippen MR) is 122 cm³/mol. The van der Waals surface area contributed by atoms with Gasteiger partial charge in [-0.05, 0) is 68.9 Å². The minimum atomic E-state index is -0.459. The number of nitrogens with zero attached hydrogens (tertiary/aromatic N) is 3. The zero-order chi connectivity index (χ0) is 23.4. The molecule has 1 aromatic heterocycles. The lowest BCUT2D eigenvalue weighted by Crippen LogP contribution is -2.38. The number of aryl methyl sites for hydroxylation is 1. The Balaban J connectivity index is 1.39. The molecule has 1 fully saturated rings. The molecule has 1 aliphatic rings. The summed E-state index contributed by atoms with van der Waals surface area (Å²) in [6.07, 6.45) is 2.90. The number of aromatic nitrogens is 3. The summed E-state index contributed by atoms with van der Waals surface area (Å²) in [5.74, 6) is -0.763. The number of hydrogen-bond donors (Lipinski definition) is 1. The van der Waals surface area contributed by atoms with E-state index >= 15 is 0 Å². The largest absolute Gasteiger partial charge is 0.506 e. The SMILES string of the molecule is C=C(C)C(=O)OC1CCCCC1OC(=O)CCc1ccc(O)c(-n2nc3ccccc3n2)c1. The third kappa shape index (κ3) is 5.39. The molecule has 1 heterocycles. The molecule has 3 aromatic rings. The summed E-state index contributed by atoms with van der Waals surface area (Å²) in [4.78, 5) is 25.8. The Labute approximate surface area is 191 Å². The highest BCUT2D eigenvalue weighted by Gasteiger charge is 2.31. The number of fused-ring (bicyclic) bond motifs is 1. The van der Waals surface area contributed by atoms with Crippen molar-refractivity contribution in [2.75, 3.05) is 0 Å². The van der Waals surface area contributed by atoms with E-state index in [0.29, 0.717) is 30.5 Å². The Bertz CT molecular complexity index is 1150. The molecule has 2 aromatic carbocycles. The van der Waals surface area contributed by atoms with Gasteiger partial charge in [-0.25, -0.2) is 4.79 Å². The van der Waals surface area contributed by atoms with Crippen molar-refractivity contribution in [3.63, 3.8) is 0 Å². The summed E-state index contributed by atoms with van der Waals surface area (Å²) in [7, 11) is 0. The molecule has 1 saturated carbocycles. The molecule has 2 atom stereocenters. The average Bonchev–Trinajstić information content (AvgIpc) is 3.23. The van der Waals surface area contributed by atoms with Crippen LogP contribution >= 0.6 is 0 Å². The first-order chi connectivity index (χ1) is 15.9. The van der Waals surface area contributed by atoms with Gasteiger partial charge in [-0.15, -0.1) is 15.0 Å². The molecule has 1 N–H and O–H groups in total. The first kappa shape index (κ1) is 22.5. The molecule has 4 rings (SSSR count). The van der Waals surface area contributed by atoms with E-state index in [0.717, 1.165) is 29.4 Å². The van der Waals surface area contributed by atoms with E-state index in [1.54, 1.807) is 25.1 Å². The Kier molecular flexibility index (Phi) is 6.72. The Hall–Kier alpha value is -3.68. The maximum Gasteiger partial charge on any atom is 0.333 e. The van der Waals surface area contributed by atoms with Crippen LogP contribution in [0.15, 0.2) is 54.6 Å². The van der Waals surface area contributed by atoms with Crippen LogP contribution < -0.4 is 0 Å². The minimum absolute atomic E-state index is 0.0472. The summed E-state index contributed by atoms with van der Waals surface area (Å²) < 4.78 is 11.1. The number of carbonyl (C=O) groups excluding carboxylic acids is 2. The second kappa shape index (κ2) is 9.85. The zero-order valence-electron chi connectivity index (χ0n) is 18.6. The molecule has 8 heteroatoms. The van der Waals surface area contributed by atoms with Gasteiger partial charge < -0.3 is 14.6 Å². The van der Waals surface area contributed by atoms with Gasteiger partial charge in [0.05, 0.1) is 0 Å². The fourth-order valence-electron chi connectivity index (χ4n) is 3.90. The standard InChI is InChI=1S/C25H27N3O5/c1-16(2)25(31)33-23-10-6-5-9-22(23)32-24(30)14-12-17-11-13-21(29)20(15-17)28-26-18-7-3-4-8-19(18)27-28/h3-4,7-8,11,13,15,22-23,29H,1,5-6,9-10,12,14H2,2H3. The minimum Gasteiger partial charge on any atom is -0.506 e. The average molecular weight is 450 g/mol. The smallest absolute Gasteiger partial charge is 0.333 e. The van der Waals surface area contributed by atoms with E-state index < -0.39 is 18.2 Å². The van der Waals surface area contributed by atoms with E-state index in [1.165, 1.54) is 4.80 Å². The molecule has 1 aliphatic carbocycles. The second-order valence-electron chi connectivity index (χ2n) is 8.34. The molecule has 0 amide bonds. The molecule has 8 nitrogen and oxygen atoms in total. The van der Waals surface area contributed by atoms with Crippen LogP contribution in [-0.4, -0.2) is 44.2 Å². The highest BCUT2D eigenvalue weighted by Crippen LogP contribution is 2.26. The van der Waals surface area contributed by atoms with Crippen LogP contribution in [-0.2, 0) is 25.5 Å². The molecule has 0 spiro atoms. The van der Waals surface area contributed by atoms with Gasteiger partial charge in [0.2, 0.25) is 0 Å². The third-order valence-corrected chi connectivity index (χ3v) is 5.69. The molecule has 2 unspecified atom stereocenters. The van der Waals surface area contributed by atoms with Crippen molar-refractivity contribution in [1.82, 2.24) is 15.0 Å². The van der Waals surface area contributed by atoms with Crippen LogP contribution in [0.25, 0.3) is 16.7 Å². The van der Waals surface area contributed by atoms with E-state index in [4.69, 9.17) is 9.47 Å². The van der Waals surface area contributed by atoms with Crippen molar-refractivity contribution in [1.29, 1.82) is 0 Å². The van der Waals surface area contributed by atoms with Gasteiger partial charge in [-0.2, -0.15) is 0 Å². The van der Waals surface area contributed by atoms with Gasteiger partial charge in [0.1, 0.15) is 34.7 Å². The van der Waals surface area contributed by atoms with Gasteiger partial charge in [-0.3, -0.25) is 4.79 Å². The van der Waals surface area contributed by atoms with Crippen LogP contribution in [0.1, 0.15) is 44.6 Å². The van der Waals surface area contributed by atoms with Crippen LogP contribution in [0, 0.1) is 0 Å². The topological polar surface area (TPSA) is 104 Å². The molecule has 0 bridgehead atoms. The quantitative estimate of drug-likeness (QED) is 0.429. The normalized spacial score (nSPS) is 18.1. The Morgan fingerprint density at radius 1 is 1.06 bits per heavy atom. The first-order valence-corrected chi connectivity index (χ1v) is 11.1. The van der Waals surface area contributed by atoms with Crippen molar-refractivity contribution in [2.24, 2.45) is 0 Å². The van der Waals surface area contributed by atoms with Gasteiger partial charge in [0, 0.05) is 12.0 Å². The van der Waals surface area contributed by atoms with Crippen LogP contribution in [0.2, 0.25) is 0 Å². The fourth-order valence-corrected chi connectivity index (χ4v) is 3.90. The van der Waals surface area contributed by atoms with Gasteiger partial charge >= 0.3 is 11.9 Å². The first-order valence-electron chi connectivity index (χ1n) is 11.1. The number of carbonyl (C=O) groups is 2. The summed E-state index contributed by atoms with van der Waals surface area (Å²) in [6.45, 7) is 5.20. The second-order valence-corrected chi connectivity index (χ2v) is 8.34. The number of esters is 2. The van der Waals surface area contributed by atoms with Crippen molar-refractivity contribution in [3.05, 3.63) is 60.2 Å². The summed E-state index contributed by atoms with van der Waals surface area (Å²) in [6, 6.07) is 12.5. The highest BCUT2D eigenvalue weighted by molar-refractivity contribution is 5.87. The maximum absolute atomic E-state index is 12.5.